The number of unbranched alkanes of at least 4 members (excludes halogenated alkanes) is 1. The fourth-order valence-electron chi connectivity index (χ4n) is 3.55. The summed E-state index contributed by atoms with van der Waals surface area (Å²) >= 11 is 0. The molecule has 0 unspecified atom stereocenters. The van der Waals surface area contributed by atoms with Crippen molar-refractivity contribution in [1.29, 1.82) is 0 Å². The summed E-state index contributed by atoms with van der Waals surface area (Å²) in [6.07, 6.45) is 2.74. The Balaban J connectivity index is 1.41. The van der Waals surface area contributed by atoms with E-state index in [9.17, 15) is 9.59 Å². The van der Waals surface area contributed by atoms with Crippen LogP contribution in [-0.4, -0.2) is 24.3 Å². The van der Waals surface area contributed by atoms with Crippen LogP contribution in [0.25, 0.3) is 22.2 Å². The van der Waals surface area contributed by atoms with Crippen LogP contribution in [-0.2, 0) is 6.42 Å². The number of amides is 1. The summed E-state index contributed by atoms with van der Waals surface area (Å²) in [5.74, 6) is 0.0756. The molecule has 0 aliphatic heterocycles. The summed E-state index contributed by atoms with van der Waals surface area (Å²) < 4.78 is 11.6. The van der Waals surface area contributed by atoms with Gasteiger partial charge in [-0.1, -0.05) is 48.5 Å². The summed E-state index contributed by atoms with van der Waals surface area (Å²) in [6.45, 7) is 0.495. The molecule has 0 saturated carbocycles. The molecule has 4 rings (SSSR count). The molecule has 0 aliphatic rings. The number of hydrogen-bond donors (Lipinski definition) is 1. The smallest absolute Gasteiger partial charge is 0.428 e. The largest absolute Gasteiger partial charge is 0.497 e. The van der Waals surface area contributed by atoms with Crippen molar-refractivity contribution >= 4 is 17.1 Å². The maximum atomic E-state index is 12.6. The highest BCUT2D eigenvalue weighted by atomic mass is 16.5. The molecule has 0 bridgehead atoms. The number of nitrogens with one attached hydrogen (secondary N) is 1. The van der Waals surface area contributed by atoms with Crippen LogP contribution in [0.15, 0.2) is 82.0 Å². The van der Waals surface area contributed by atoms with E-state index in [2.05, 4.69) is 17.4 Å². The minimum atomic E-state index is -0.691. The number of aromatic nitrogens is 1. The predicted molar refractivity (Wildman–Crippen MR) is 121 cm³/mol. The zero-order valence-electron chi connectivity index (χ0n) is 17.3. The molecule has 4 aromatic rings. The molecule has 0 atom stereocenters. The van der Waals surface area contributed by atoms with Gasteiger partial charge < -0.3 is 14.5 Å². The van der Waals surface area contributed by atoms with E-state index < -0.39 is 11.8 Å². The van der Waals surface area contributed by atoms with E-state index in [1.165, 1.54) is 5.56 Å². The van der Waals surface area contributed by atoms with Gasteiger partial charge >= 0.3 is 11.8 Å². The van der Waals surface area contributed by atoms with E-state index in [0.717, 1.165) is 40.7 Å². The Kier molecular flexibility index (Phi) is 6.17. The van der Waals surface area contributed by atoms with Crippen LogP contribution in [0.2, 0.25) is 0 Å². The lowest BCUT2D eigenvalue weighted by molar-refractivity contribution is 0.241. The van der Waals surface area contributed by atoms with Gasteiger partial charge in [0.2, 0.25) is 0 Å². The number of ether oxygens (including phenoxy) is 1. The summed E-state index contributed by atoms with van der Waals surface area (Å²) in [6, 6.07) is 22.7. The Morgan fingerprint density at radius 1 is 0.968 bits per heavy atom. The highest BCUT2D eigenvalue weighted by Crippen LogP contribution is 2.25. The second-order valence-electron chi connectivity index (χ2n) is 7.29. The van der Waals surface area contributed by atoms with Gasteiger partial charge in [0, 0.05) is 6.54 Å². The van der Waals surface area contributed by atoms with Gasteiger partial charge in [0.25, 0.3) is 0 Å². The second kappa shape index (κ2) is 9.34. The normalized spacial score (nSPS) is 10.9. The maximum Gasteiger partial charge on any atom is 0.428 e. The van der Waals surface area contributed by atoms with Gasteiger partial charge in [0.05, 0.1) is 12.6 Å². The molecule has 158 valence electrons. The first-order valence-electron chi connectivity index (χ1n) is 10.3. The number of oxazole rings is 1. The summed E-state index contributed by atoms with van der Waals surface area (Å²) in [5.41, 5.74) is 3.94. The monoisotopic (exact) mass is 416 g/mol. The molecule has 6 nitrogen and oxygen atoms in total. The molecule has 0 radical (unpaired) electrons. The van der Waals surface area contributed by atoms with Crippen LogP contribution in [0, 0.1) is 0 Å². The zero-order valence-corrected chi connectivity index (χ0v) is 17.3. The molecule has 0 aliphatic carbocycles. The summed E-state index contributed by atoms with van der Waals surface area (Å²) in [7, 11) is 1.62. The van der Waals surface area contributed by atoms with Crippen LogP contribution in [0.4, 0.5) is 4.79 Å². The summed E-state index contributed by atoms with van der Waals surface area (Å²) in [4.78, 5) is 24.9. The third kappa shape index (κ3) is 4.69. The first-order valence-corrected chi connectivity index (χ1v) is 10.3. The van der Waals surface area contributed by atoms with Crippen molar-refractivity contribution in [3.8, 4) is 16.9 Å². The Morgan fingerprint density at radius 3 is 2.45 bits per heavy atom. The molecule has 3 aromatic carbocycles. The van der Waals surface area contributed by atoms with Crippen LogP contribution in [0.1, 0.15) is 18.4 Å². The van der Waals surface area contributed by atoms with Gasteiger partial charge in [-0.3, -0.25) is 0 Å². The van der Waals surface area contributed by atoms with Crippen LogP contribution in [0.3, 0.4) is 0 Å². The number of benzene rings is 3. The quantitative estimate of drug-likeness (QED) is 0.437. The van der Waals surface area contributed by atoms with Crippen molar-refractivity contribution in [2.24, 2.45) is 0 Å². The average Bonchev–Trinajstić information content (AvgIpc) is 3.14. The lowest BCUT2D eigenvalue weighted by Crippen LogP contribution is -2.34. The lowest BCUT2D eigenvalue weighted by atomic mass is 10.1. The van der Waals surface area contributed by atoms with Crippen LogP contribution < -0.4 is 15.8 Å². The van der Waals surface area contributed by atoms with Gasteiger partial charge in [-0.05, 0) is 60.2 Å². The van der Waals surface area contributed by atoms with Crippen molar-refractivity contribution in [2.45, 2.75) is 19.3 Å². The Hall–Kier alpha value is -3.80. The van der Waals surface area contributed by atoms with Crippen LogP contribution in [0.5, 0.6) is 5.75 Å². The molecule has 6 heteroatoms. The van der Waals surface area contributed by atoms with E-state index in [-0.39, 0.29) is 0 Å². The molecule has 0 spiro atoms. The minimum absolute atomic E-state index is 0.373. The van der Waals surface area contributed by atoms with Crippen molar-refractivity contribution < 1.29 is 13.9 Å². The molecule has 1 amide bonds. The molecule has 0 fully saturated rings. The average molecular weight is 416 g/mol. The van der Waals surface area contributed by atoms with Crippen molar-refractivity contribution in [1.82, 2.24) is 9.88 Å². The number of rotatable bonds is 7. The Labute approximate surface area is 180 Å². The Morgan fingerprint density at radius 2 is 1.71 bits per heavy atom. The summed E-state index contributed by atoms with van der Waals surface area (Å²) in [5, 5.41) is 2.81. The molecule has 1 N–H and O–H groups in total. The number of aryl methyl sites for hydroxylation is 1. The van der Waals surface area contributed by atoms with Gasteiger partial charge in [-0.25, -0.2) is 9.59 Å². The van der Waals surface area contributed by atoms with Crippen molar-refractivity contribution in [2.75, 3.05) is 13.7 Å². The molecule has 0 saturated heterocycles. The number of methoxy groups -OCH3 is 1. The zero-order chi connectivity index (χ0) is 21.6. The third-order valence-corrected chi connectivity index (χ3v) is 5.22. The highest BCUT2D eigenvalue weighted by Gasteiger charge is 2.16. The fraction of sp³-hybridized carbons (Fsp3) is 0.200. The highest BCUT2D eigenvalue weighted by molar-refractivity contribution is 5.90. The van der Waals surface area contributed by atoms with E-state index >= 15 is 0 Å². The Bertz CT molecular complexity index is 1220. The minimum Gasteiger partial charge on any atom is -0.497 e. The number of hydrogen-bond acceptors (Lipinski definition) is 4. The number of nitrogens with zero attached hydrogens (tertiary/aromatic N) is 1. The first-order chi connectivity index (χ1) is 15.2. The van der Waals surface area contributed by atoms with Crippen molar-refractivity contribution in [3.63, 3.8) is 0 Å². The van der Waals surface area contributed by atoms with Crippen molar-refractivity contribution in [3.05, 3.63) is 88.9 Å². The molecule has 1 aromatic heterocycles. The predicted octanol–water partition coefficient (Wildman–Crippen LogP) is 4.85. The van der Waals surface area contributed by atoms with Gasteiger partial charge in [-0.15, -0.1) is 0 Å². The third-order valence-electron chi connectivity index (χ3n) is 5.22. The first kappa shape index (κ1) is 20.5. The van der Waals surface area contributed by atoms with E-state index in [1.807, 2.05) is 48.5 Å². The standard InChI is InChI=1S/C25H24N2O4/c1-30-21-13-10-19(11-14-21)20-12-15-22-23(17-20)31-25(29)27(22)24(28)26-16-6-5-9-18-7-3-2-4-8-18/h2-4,7-8,10-15,17H,5-6,9,16H2,1H3,(H,26,28). The van der Waals surface area contributed by atoms with E-state index in [1.54, 1.807) is 19.2 Å². The maximum absolute atomic E-state index is 12.6. The molecular formula is C25H24N2O4. The number of carbonyl (C=O) groups excluding carboxylic acids is 1. The van der Waals surface area contributed by atoms with Gasteiger partial charge in [-0.2, -0.15) is 4.57 Å². The SMILES string of the molecule is COc1ccc(-c2ccc3c(c2)oc(=O)n3C(=O)NCCCCc2ccccc2)cc1. The second-order valence-corrected chi connectivity index (χ2v) is 7.29. The fourth-order valence-corrected chi connectivity index (χ4v) is 3.55. The molecule has 1 heterocycles. The number of fused-ring (bicyclic) bond motifs is 1. The molecular weight excluding hydrogens is 392 g/mol. The lowest BCUT2D eigenvalue weighted by Gasteiger charge is -2.06. The number of carbonyl (C=O) groups is 1. The molecule has 31 heavy (non-hydrogen) atoms. The van der Waals surface area contributed by atoms with E-state index in [0.29, 0.717) is 17.6 Å². The topological polar surface area (TPSA) is 73.5 Å². The van der Waals surface area contributed by atoms with Crippen LogP contribution >= 0.6 is 0 Å². The van der Waals surface area contributed by atoms with Gasteiger partial charge in [0.1, 0.15) is 5.75 Å². The van der Waals surface area contributed by atoms with E-state index in [4.69, 9.17) is 9.15 Å². The van der Waals surface area contributed by atoms with Gasteiger partial charge in [0.15, 0.2) is 5.58 Å².